The average molecular weight is 1460 g/mol. The van der Waals surface area contributed by atoms with Gasteiger partial charge < -0.3 is 89.1 Å². The van der Waals surface area contributed by atoms with Crippen LogP contribution in [-0.2, 0) is 61.2 Å². The molecule has 1 aliphatic carbocycles. The first kappa shape index (κ1) is 92.2. The molecule has 1 saturated carbocycles. The number of hydrogen-bond acceptors (Lipinski definition) is 23. The molecule has 2 saturated heterocycles. The predicted molar refractivity (Wildman–Crippen MR) is 379 cm³/mol. The van der Waals surface area contributed by atoms with Crippen molar-refractivity contribution in [2.75, 3.05) is 26.4 Å². The van der Waals surface area contributed by atoms with E-state index in [2.05, 4.69) is 20.8 Å². The van der Waals surface area contributed by atoms with Gasteiger partial charge in [-0.05, 0) is 19.3 Å². The molecular weight excluding hydrogens is 1320 g/mol. The van der Waals surface area contributed by atoms with Gasteiger partial charge in [-0.25, -0.2) is 4.57 Å². The fourth-order valence-corrected chi connectivity index (χ4v) is 14.4. The van der Waals surface area contributed by atoms with Crippen LogP contribution in [0.4, 0.5) is 0 Å². The number of esters is 3. The zero-order valence-corrected chi connectivity index (χ0v) is 62.7. The number of rotatable bonds is 63. The molecule has 24 nitrogen and oxygen atoms in total. The molecule has 18 atom stereocenters. The van der Waals surface area contributed by atoms with Crippen LogP contribution in [0.5, 0.6) is 0 Å². The van der Waals surface area contributed by atoms with E-state index in [1.165, 1.54) is 173 Å². The number of carbonyl (C=O) groups excluding carboxylic acids is 3. The van der Waals surface area contributed by atoms with Crippen molar-refractivity contribution in [3.05, 3.63) is 0 Å². The molecule has 0 radical (unpaired) electrons. The first-order valence-corrected chi connectivity index (χ1v) is 41.3. The Morgan fingerprint density at radius 3 is 0.980 bits per heavy atom. The Hall–Kier alpha value is -2.04. The number of ether oxygens (including phenoxy) is 7. The summed E-state index contributed by atoms with van der Waals surface area (Å²) in [5.74, 6) is -1.97. The summed E-state index contributed by atoms with van der Waals surface area (Å²) in [5.41, 5.74) is 0. The van der Waals surface area contributed by atoms with Gasteiger partial charge >= 0.3 is 25.7 Å². The first-order valence-electron chi connectivity index (χ1n) is 39.8. The molecule has 2 heterocycles. The van der Waals surface area contributed by atoms with Crippen LogP contribution >= 0.6 is 7.82 Å². The number of hydrogen-bond donors (Lipinski definition) is 11. The van der Waals surface area contributed by atoms with Gasteiger partial charge in [0.2, 0.25) is 0 Å². The van der Waals surface area contributed by atoms with Crippen molar-refractivity contribution >= 4 is 25.7 Å². The maximum atomic E-state index is 14.3. The van der Waals surface area contributed by atoms with Crippen LogP contribution in [0.2, 0.25) is 0 Å². The van der Waals surface area contributed by atoms with Gasteiger partial charge in [0.25, 0.3) is 0 Å². The largest absolute Gasteiger partial charge is 0.472 e. The summed E-state index contributed by atoms with van der Waals surface area (Å²) < 4.78 is 65.1. The Bertz CT molecular complexity index is 2060. The van der Waals surface area contributed by atoms with Crippen LogP contribution in [0, 0.1) is 0 Å². The van der Waals surface area contributed by atoms with E-state index in [9.17, 15) is 74.9 Å². The Balaban J connectivity index is 1.70. The average Bonchev–Trinajstić information content (AvgIpc) is 0.763. The van der Waals surface area contributed by atoms with Gasteiger partial charge in [0, 0.05) is 19.3 Å². The number of carbonyl (C=O) groups is 3. The molecule has 18 unspecified atom stereocenters. The van der Waals surface area contributed by atoms with Crippen molar-refractivity contribution in [3.63, 3.8) is 0 Å². The van der Waals surface area contributed by atoms with Gasteiger partial charge in [-0.3, -0.25) is 23.4 Å². The van der Waals surface area contributed by atoms with Crippen LogP contribution in [0.1, 0.15) is 329 Å². The second kappa shape index (κ2) is 57.2. The summed E-state index contributed by atoms with van der Waals surface area (Å²) in [6.07, 6.45) is 15.8. The molecule has 25 heteroatoms. The Labute approximate surface area is 600 Å². The number of phosphoric ester groups is 1. The van der Waals surface area contributed by atoms with Crippen molar-refractivity contribution in [2.45, 2.75) is 433 Å². The zero-order chi connectivity index (χ0) is 73.2. The Kier molecular flexibility index (Phi) is 52.7. The van der Waals surface area contributed by atoms with Crippen LogP contribution in [-0.4, -0.2) is 204 Å². The summed E-state index contributed by atoms with van der Waals surface area (Å²) >= 11 is 0. The second-order valence-corrected chi connectivity index (χ2v) is 30.2. The van der Waals surface area contributed by atoms with E-state index in [1.54, 1.807) is 0 Å². The zero-order valence-electron chi connectivity index (χ0n) is 61.8. The van der Waals surface area contributed by atoms with E-state index in [1.807, 2.05) is 0 Å². The van der Waals surface area contributed by atoms with Gasteiger partial charge in [-0.1, -0.05) is 290 Å². The Morgan fingerprint density at radius 2 is 0.640 bits per heavy atom. The molecule has 2 aliphatic heterocycles. The summed E-state index contributed by atoms with van der Waals surface area (Å²) in [6.45, 7) is 3.49. The van der Waals surface area contributed by atoms with Gasteiger partial charge in [0.1, 0.15) is 98.7 Å². The minimum atomic E-state index is -5.69. The molecule has 100 heavy (non-hydrogen) atoms. The standard InChI is InChI=1S/C75H141O24P/c1-4-7-10-13-16-19-22-25-27-29-31-32-35-38-41-44-47-50-60(78)92-55-58-63(81)65(83)70(88)75(96-58)98-72-68(86)66(84)67(85)71(97-74-69(87)64(82)62(80)57(52-76)95-74)73(72)99-100(89,90)93-54-56(53-91-59(77)49-46-43-40-37-34-24-21-18-15-12-9-6-3)94-61(79)51-48-45-42-39-36-33-30-28-26-23-20-17-14-11-8-5-2/h56-58,62-76,80-88H,4-55H2,1-3H3,(H,89,90). The summed E-state index contributed by atoms with van der Waals surface area (Å²) in [7, 11) is -5.69. The lowest BCUT2D eigenvalue weighted by Crippen LogP contribution is -2.69. The van der Waals surface area contributed by atoms with Crippen LogP contribution < -0.4 is 0 Å². The first-order chi connectivity index (χ1) is 48.3. The molecule has 3 fully saturated rings. The topological polar surface area (TPSA) is 374 Å². The molecule has 0 aromatic carbocycles. The van der Waals surface area contributed by atoms with E-state index >= 15 is 0 Å². The lowest BCUT2D eigenvalue weighted by molar-refractivity contribution is -0.360. The van der Waals surface area contributed by atoms with E-state index in [0.717, 1.165) is 96.3 Å². The van der Waals surface area contributed by atoms with E-state index in [0.29, 0.717) is 19.3 Å². The normalized spacial score (nSPS) is 27.3. The molecule has 11 N–H and O–H groups in total. The fraction of sp³-hybridized carbons (Fsp3) is 0.960. The molecule has 3 aliphatic rings. The molecule has 590 valence electrons. The van der Waals surface area contributed by atoms with Crippen molar-refractivity contribution < 1.29 is 117 Å². The lowest BCUT2D eigenvalue weighted by atomic mass is 9.84. The Morgan fingerprint density at radius 1 is 0.350 bits per heavy atom. The molecular formula is C75H141O24P. The molecule has 0 amide bonds. The summed E-state index contributed by atoms with van der Waals surface area (Å²) in [4.78, 5) is 51.1. The lowest BCUT2D eigenvalue weighted by Gasteiger charge is -2.49. The van der Waals surface area contributed by atoms with Gasteiger partial charge in [-0.15, -0.1) is 0 Å². The van der Waals surface area contributed by atoms with Gasteiger partial charge in [-0.2, -0.15) is 0 Å². The third-order valence-electron chi connectivity index (χ3n) is 19.9. The third-order valence-corrected chi connectivity index (χ3v) is 20.9. The summed E-state index contributed by atoms with van der Waals surface area (Å²) in [5, 5.41) is 110. The quantitative estimate of drug-likeness (QED) is 0.0117. The number of aliphatic hydroxyl groups is 10. The minimum Gasteiger partial charge on any atom is -0.463 e. The highest BCUT2D eigenvalue weighted by Gasteiger charge is 2.58. The fourth-order valence-electron chi connectivity index (χ4n) is 13.4. The van der Waals surface area contributed by atoms with E-state index in [4.69, 9.17) is 42.2 Å². The molecule has 0 spiro atoms. The van der Waals surface area contributed by atoms with Crippen LogP contribution in [0.15, 0.2) is 0 Å². The molecule has 0 aromatic heterocycles. The minimum absolute atomic E-state index is 0.0328. The SMILES string of the molecule is CCCCCCCCCCCCCCCCCCCC(=O)OCC1OC(OC2C(O)C(O)C(O)C(OC3OC(CO)C(O)C(O)C3O)C2OP(=O)(O)OCC(COC(=O)CCCCCCCCCCCCCC)OC(=O)CCCCCCCCCCCCCCCCCC)C(O)C(O)C1O. The summed E-state index contributed by atoms with van der Waals surface area (Å²) in [6, 6.07) is 0. The maximum absolute atomic E-state index is 14.3. The van der Waals surface area contributed by atoms with Crippen molar-refractivity contribution in [3.8, 4) is 0 Å². The smallest absolute Gasteiger partial charge is 0.463 e. The molecule has 3 rings (SSSR count). The van der Waals surface area contributed by atoms with Crippen LogP contribution in [0.3, 0.4) is 0 Å². The van der Waals surface area contributed by atoms with E-state index in [-0.39, 0.29) is 19.3 Å². The number of unbranched alkanes of at least 4 members (excludes halogenated alkanes) is 42. The molecule has 0 aromatic rings. The highest BCUT2D eigenvalue weighted by Crippen LogP contribution is 2.49. The van der Waals surface area contributed by atoms with E-state index < -0.39 is 156 Å². The second-order valence-electron chi connectivity index (χ2n) is 28.8. The number of phosphoric acid groups is 1. The monoisotopic (exact) mass is 1460 g/mol. The third kappa shape index (κ3) is 39.5. The predicted octanol–water partition coefficient (Wildman–Crippen LogP) is 11.7. The maximum Gasteiger partial charge on any atom is 0.472 e. The van der Waals surface area contributed by atoms with Crippen LogP contribution in [0.25, 0.3) is 0 Å². The van der Waals surface area contributed by atoms with Crippen molar-refractivity contribution in [2.24, 2.45) is 0 Å². The number of aliphatic hydroxyl groups excluding tert-OH is 10. The van der Waals surface area contributed by atoms with Crippen molar-refractivity contribution in [1.82, 2.24) is 0 Å². The van der Waals surface area contributed by atoms with Gasteiger partial charge in [0.05, 0.1) is 13.2 Å². The molecule has 0 bridgehead atoms. The highest BCUT2D eigenvalue weighted by atomic mass is 31.2. The van der Waals surface area contributed by atoms with Crippen molar-refractivity contribution in [1.29, 1.82) is 0 Å². The highest BCUT2D eigenvalue weighted by molar-refractivity contribution is 7.47. The van der Waals surface area contributed by atoms with Gasteiger partial charge in [0.15, 0.2) is 18.7 Å².